The Kier molecular flexibility index (Phi) is 6.57. The number of carbonyl (C=O) groups excluding carboxylic acids is 2. The van der Waals surface area contributed by atoms with E-state index in [1.165, 1.54) is 5.56 Å². The van der Waals surface area contributed by atoms with Crippen molar-refractivity contribution in [3.8, 4) is 22.4 Å². The minimum absolute atomic E-state index is 0.0263. The Labute approximate surface area is 205 Å². The van der Waals surface area contributed by atoms with E-state index in [4.69, 9.17) is 0 Å². The molecule has 1 atom stereocenters. The second-order valence-electron chi connectivity index (χ2n) is 9.19. The van der Waals surface area contributed by atoms with Crippen LogP contribution in [0.15, 0.2) is 85.1 Å². The number of carbonyl (C=O) groups is 2. The average Bonchev–Trinajstić information content (AvgIpc) is 3.58. The van der Waals surface area contributed by atoms with Crippen molar-refractivity contribution in [1.82, 2.24) is 14.9 Å². The van der Waals surface area contributed by atoms with Crippen LogP contribution in [-0.4, -0.2) is 39.1 Å². The smallest absolute Gasteiger partial charge is 0.223 e. The number of aromatic amines is 1. The van der Waals surface area contributed by atoms with Crippen molar-refractivity contribution >= 4 is 11.7 Å². The number of amides is 1. The van der Waals surface area contributed by atoms with Crippen LogP contribution in [0.1, 0.15) is 41.0 Å². The van der Waals surface area contributed by atoms with Crippen molar-refractivity contribution in [3.05, 3.63) is 102 Å². The Balaban J connectivity index is 1.22. The summed E-state index contributed by atoms with van der Waals surface area (Å²) in [5.41, 5.74) is 6.41. The van der Waals surface area contributed by atoms with Crippen LogP contribution in [0, 0.1) is 6.92 Å². The molecule has 1 amide bonds. The summed E-state index contributed by atoms with van der Waals surface area (Å²) in [6.07, 6.45) is 4.25. The van der Waals surface area contributed by atoms with Gasteiger partial charge in [0.2, 0.25) is 11.7 Å². The third kappa shape index (κ3) is 5.09. The van der Waals surface area contributed by atoms with E-state index in [1.807, 2.05) is 43.3 Å². The number of aryl methyl sites for hydroxylation is 2. The van der Waals surface area contributed by atoms with Crippen LogP contribution in [0.2, 0.25) is 0 Å². The zero-order valence-corrected chi connectivity index (χ0v) is 19.9. The molecule has 35 heavy (non-hydrogen) atoms. The number of nitrogens with one attached hydrogen (secondary N) is 1. The molecule has 5 rings (SSSR count). The van der Waals surface area contributed by atoms with Crippen LogP contribution in [0.5, 0.6) is 0 Å². The van der Waals surface area contributed by atoms with Crippen molar-refractivity contribution in [1.29, 1.82) is 0 Å². The lowest BCUT2D eigenvalue weighted by Crippen LogP contribution is -2.41. The summed E-state index contributed by atoms with van der Waals surface area (Å²) < 4.78 is 0. The highest BCUT2D eigenvalue weighted by molar-refractivity contribution is 6.00. The molecule has 1 saturated heterocycles. The normalized spacial score (nSPS) is 15.3. The van der Waals surface area contributed by atoms with Crippen LogP contribution < -0.4 is 0 Å². The number of hydrogen-bond donors (Lipinski definition) is 1. The van der Waals surface area contributed by atoms with Gasteiger partial charge in [-0.05, 0) is 54.5 Å². The van der Waals surface area contributed by atoms with E-state index in [1.54, 1.807) is 11.1 Å². The first kappa shape index (κ1) is 22.8. The van der Waals surface area contributed by atoms with Crippen LogP contribution in [0.25, 0.3) is 22.4 Å². The molecule has 0 bridgehead atoms. The summed E-state index contributed by atoms with van der Waals surface area (Å²) in [6, 6.07) is 26.2. The van der Waals surface area contributed by atoms with E-state index in [0.717, 1.165) is 34.4 Å². The van der Waals surface area contributed by atoms with E-state index in [9.17, 15) is 9.59 Å². The maximum atomic E-state index is 13.2. The molecule has 5 heteroatoms. The van der Waals surface area contributed by atoms with Gasteiger partial charge in [-0.25, -0.2) is 4.98 Å². The van der Waals surface area contributed by atoms with E-state index in [-0.39, 0.29) is 11.7 Å². The molecule has 1 aliphatic heterocycles. The Morgan fingerprint density at radius 1 is 0.943 bits per heavy atom. The van der Waals surface area contributed by atoms with Crippen molar-refractivity contribution in [3.63, 3.8) is 0 Å². The molecule has 176 valence electrons. The molecule has 0 spiro atoms. The van der Waals surface area contributed by atoms with Gasteiger partial charge < -0.3 is 9.88 Å². The molecule has 5 nitrogen and oxygen atoms in total. The monoisotopic (exact) mass is 463 g/mol. The van der Waals surface area contributed by atoms with Crippen LogP contribution in [0.4, 0.5) is 0 Å². The number of aromatic nitrogens is 2. The highest BCUT2D eigenvalue weighted by atomic mass is 16.2. The van der Waals surface area contributed by atoms with Gasteiger partial charge in [-0.1, -0.05) is 78.4 Å². The van der Waals surface area contributed by atoms with Gasteiger partial charge in [0.15, 0.2) is 5.82 Å². The Hall–Kier alpha value is -3.99. The number of benzene rings is 3. The maximum absolute atomic E-state index is 13.2. The molecule has 1 N–H and O–H groups in total. The van der Waals surface area contributed by atoms with Gasteiger partial charge in [-0.3, -0.25) is 9.59 Å². The molecule has 3 aromatic carbocycles. The van der Waals surface area contributed by atoms with Crippen LogP contribution in [-0.2, 0) is 11.2 Å². The fraction of sp³-hybridized carbons (Fsp3) is 0.233. The molecule has 1 fully saturated rings. The molecular formula is C30H29N3O2. The van der Waals surface area contributed by atoms with Crippen molar-refractivity contribution < 1.29 is 9.59 Å². The Morgan fingerprint density at radius 3 is 2.46 bits per heavy atom. The minimum atomic E-state index is -0.445. The van der Waals surface area contributed by atoms with E-state index in [0.29, 0.717) is 31.6 Å². The predicted octanol–water partition coefficient (Wildman–Crippen LogP) is 5.86. The number of likely N-dealkylation sites (tertiary alicyclic amines) is 1. The summed E-state index contributed by atoms with van der Waals surface area (Å²) in [6.45, 7) is 2.65. The third-order valence-electron chi connectivity index (χ3n) is 6.70. The van der Waals surface area contributed by atoms with Gasteiger partial charge >= 0.3 is 0 Å². The zero-order valence-electron chi connectivity index (χ0n) is 19.9. The van der Waals surface area contributed by atoms with E-state index < -0.39 is 6.04 Å². The number of imidazole rings is 1. The third-order valence-corrected chi connectivity index (χ3v) is 6.70. The van der Waals surface area contributed by atoms with Crippen molar-refractivity contribution in [2.45, 2.75) is 38.6 Å². The Bertz CT molecular complexity index is 1330. The van der Waals surface area contributed by atoms with Crippen LogP contribution in [0.3, 0.4) is 0 Å². The number of nitrogens with zero attached hydrogens (tertiary/aromatic N) is 2. The summed E-state index contributed by atoms with van der Waals surface area (Å²) in [5.74, 6) is 0.239. The molecule has 4 aromatic rings. The molecular weight excluding hydrogens is 434 g/mol. The molecule has 0 unspecified atom stereocenters. The van der Waals surface area contributed by atoms with Gasteiger partial charge in [-0.2, -0.15) is 0 Å². The second kappa shape index (κ2) is 10.1. The van der Waals surface area contributed by atoms with Gasteiger partial charge in [0, 0.05) is 13.0 Å². The summed E-state index contributed by atoms with van der Waals surface area (Å²) >= 11 is 0. The lowest BCUT2D eigenvalue weighted by Gasteiger charge is -2.23. The summed E-state index contributed by atoms with van der Waals surface area (Å²) in [4.78, 5) is 35.6. The first-order valence-electron chi connectivity index (χ1n) is 12.2. The molecule has 0 aliphatic carbocycles. The fourth-order valence-corrected chi connectivity index (χ4v) is 4.79. The largest absolute Gasteiger partial charge is 0.335 e. The Morgan fingerprint density at radius 2 is 1.69 bits per heavy atom. The molecule has 1 aromatic heterocycles. The topological polar surface area (TPSA) is 66.1 Å². The number of H-pyrrole nitrogens is 1. The SMILES string of the molecule is Cc1cccc(-c2cnc(C(=O)[C@@H]3CCCN3C(=O)CCc3ccc(-c4ccccc4)cc3)[nH]2)c1. The molecule has 0 saturated carbocycles. The molecule has 1 aliphatic rings. The molecule has 2 heterocycles. The molecule has 0 radical (unpaired) electrons. The standard InChI is InChI=1S/C30H29N3O2/c1-21-7-5-10-25(19-21)26-20-31-30(32-26)29(35)27-11-6-18-33(27)28(34)17-14-22-12-15-24(16-13-22)23-8-3-2-4-9-23/h2-5,7-10,12-13,15-16,19-20,27H,6,11,14,17-18H2,1H3,(H,31,32)/t27-/m0/s1. The summed E-state index contributed by atoms with van der Waals surface area (Å²) in [7, 11) is 0. The summed E-state index contributed by atoms with van der Waals surface area (Å²) in [5, 5.41) is 0. The number of hydrogen-bond acceptors (Lipinski definition) is 3. The number of Topliss-reactive ketones (excluding diaryl/α,β-unsaturated/α-hetero) is 1. The average molecular weight is 464 g/mol. The maximum Gasteiger partial charge on any atom is 0.223 e. The van der Waals surface area contributed by atoms with Crippen LogP contribution >= 0.6 is 0 Å². The van der Waals surface area contributed by atoms with Gasteiger partial charge in [0.25, 0.3) is 0 Å². The van der Waals surface area contributed by atoms with E-state index in [2.05, 4.69) is 52.4 Å². The fourth-order valence-electron chi connectivity index (χ4n) is 4.79. The quantitative estimate of drug-likeness (QED) is 0.349. The predicted molar refractivity (Wildman–Crippen MR) is 138 cm³/mol. The number of rotatable bonds is 7. The minimum Gasteiger partial charge on any atom is -0.335 e. The van der Waals surface area contributed by atoms with E-state index >= 15 is 0 Å². The van der Waals surface area contributed by atoms with Gasteiger partial charge in [0.05, 0.1) is 17.9 Å². The zero-order chi connectivity index (χ0) is 24.2. The second-order valence-corrected chi connectivity index (χ2v) is 9.19. The lowest BCUT2D eigenvalue weighted by atomic mass is 10.0. The van der Waals surface area contributed by atoms with Crippen molar-refractivity contribution in [2.24, 2.45) is 0 Å². The highest BCUT2D eigenvalue weighted by Crippen LogP contribution is 2.25. The van der Waals surface area contributed by atoms with Gasteiger partial charge in [0.1, 0.15) is 0 Å². The first-order chi connectivity index (χ1) is 17.1. The first-order valence-corrected chi connectivity index (χ1v) is 12.2. The lowest BCUT2D eigenvalue weighted by molar-refractivity contribution is -0.131. The van der Waals surface area contributed by atoms with Crippen molar-refractivity contribution in [2.75, 3.05) is 6.54 Å². The highest BCUT2D eigenvalue weighted by Gasteiger charge is 2.35. The number of ketones is 1. The van der Waals surface area contributed by atoms with Gasteiger partial charge in [-0.15, -0.1) is 0 Å².